The second-order valence-corrected chi connectivity index (χ2v) is 12.3. The first-order valence-electron chi connectivity index (χ1n) is 10.9. The Hall–Kier alpha value is -1.97. The van der Waals surface area contributed by atoms with Gasteiger partial charge in [0.25, 0.3) is 0 Å². The summed E-state index contributed by atoms with van der Waals surface area (Å²) >= 11 is 5.89. The highest BCUT2D eigenvalue weighted by Crippen LogP contribution is 2.42. The van der Waals surface area contributed by atoms with Crippen molar-refractivity contribution in [2.24, 2.45) is 0 Å². The largest absolute Gasteiger partial charge is 0.206 e. The topological polar surface area (TPSA) is 0 Å². The van der Waals surface area contributed by atoms with Gasteiger partial charge in [-0.2, -0.15) is 0 Å². The molecule has 0 spiro atoms. The summed E-state index contributed by atoms with van der Waals surface area (Å²) in [5.41, 5.74) is 3.50. The molecule has 30 heavy (non-hydrogen) atoms. The Balaban J connectivity index is 1.79. The Bertz CT molecular complexity index is 1010. The van der Waals surface area contributed by atoms with Crippen molar-refractivity contribution >= 4 is 20.4 Å². The van der Waals surface area contributed by atoms with Gasteiger partial charge in [0.2, 0.25) is 0 Å². The zero-order valence-corrected chi connectivity index (χ0v) is 19.2. The fraction of sp³-hybridized carbons (Fsp3) is 0.308. The van der Waals surface area contributed by atoms with Crippen molar-refractivity contribution in [3.63, 3.8) is 0 Å². The maximum absolute atomic E-state index is 16.0. The molecule has 4 rings (SSSR count). The van der Waals surface area contributed by atoms with Crippen molar-refractivity contribution in [2.75, 3.05) is 0 Å². The van der Waals surface area contributed by atoms with E-state index >= 15 is 4.39 Å². The second-order valence-electron chi connectivity index (χ2n) is 8.39. The Labute approximate surface area is 184 Å². The molecule has 1 fully saturated rings. The van der Waals surface area contributed by atoms with Crippen molar-refractivity contribution in [1.82, 2.24) is 0 Å². The van der Waals surface area contributed by atoms with E-state index in [0.717, 1.165) is 29.5 Å². The predicted octanol–water partition coefficient (Wildman–Crippen LogP) is 8.47. The Kier molecular flexibility index (Phi) is 6.70. The summed E-state index contributed by atoms with van der Waals surface area (Å²) in [6.45, 7) is 2.26. The van der Waals surface area contributed by atoms with Crippen molar-refractivity contribution in [3.05, 3.63) is 82.9 Å². The van der Waals surface area contributed by atoms with Crippen LogP contribution in [0.5, 0.6) is 0 Å². The molecule has 1 aliphatic heterocycles. The molecule has 0 atom stereocenters. The SMILES string of the molecule is CCC[SiH]1CCC(c2ccc(-c3ccccc3)c(-c3ccc(Cl)c(F)c3)c2F)CC1. The lowest BCUT2D eigenvalue weighted by atomic mass is 9.86. The molecule has 1 heterocycles. The smallest absolute Gasteiger partial charge is 0.142 e. The third-order valence-electron chi connectivity index (χ3n) is 6.45. The molecule has 0 bridgehead atoms. The summed E-state index contributed by atoms with van der Waals surface area (Å²) in [6.07, 6.45) is 3.42. The second kappa shape index (κ2) is 9.45. The summed E-state index contributed by atoms with van der Waals surface area (Å²) in [7, 11) is -0.634. The summed E-state index contributed by atoms with van der Waals surface area (Å²) < 4.78 is 30.3. The summed E-state index contributed by atoms with van der Waals surface area (Å²) in [4.78, 5) is 0. The molecular weight excluding hydrogens is 414 g/mol. The van der Waals surface area contributed by atoms with E-state index in [2.05, 4.69) is 6.92 Å². The van der Waals surface area contributed by atoms with Crippen LogP contribution in [0, 0.1) is 11.6 Å². The molecule has 0 radical (unpaired) electrons. The van der Waals surface area contributed by atoms with E-state index in [0.29, 0.717) is 11.1 Å². The average Bonchev–Trinajstić information content (AvgIpc) is 2.77. The lowest BCUT2D eigenvalue weighted by Crippen LogP contribution is -2.20. The number of hydrogen-bond acceptors (Lipinski definition) is 0. The Morgan fingerprint density at radius 1 is 0.933 bits per heavy atom. The molecule has 0 nitrogen and oxygen atoms in total. The third-order valence-corrected chi connectivity index (χ3v) is 10.4. The van der Waals surface area contributed by atoms with E-state index in [-0.39, 0.29) is 16.8 Å². The lowest BCUT2D eigenvalue weighted by Gasteiger charge is -2.29. The number of halogens is 3. The van der Waals surface area contributed by atoms with Gasteiger partial charge in [-0.15, -0.1) is 0 Å². The fourth-order valence-electron chi connectivity index (χ4n) is 4.87. The molecule has 156 valence electrons. The van der Waals surface area contributed by atoms with Crippen molar-refractivity contribution in [3.8, 4) is 22.3 Å². The van der Waals surface area contributed by atoms with Crippen molar-refractivity contribution < 1.29 is 8.78 Å². The van der Waals surface area contributed by atoms with Gasteiger partial charge in [0.05, 0.1) is 5.02 Å². The van der Waals surface area contributed by atoms with Crippen LogP contribution in [0.1, 0.15) is 37.7 Å². The average molecular weight is 441 g/mol. The van der Waals surface area contributed by atoms with Crippen LogP contribution < -0.4 is 0 Å². The predicted molar refractivity (Wildman–Crippen MR) is 126 cm³/mol. The van der Waals surface area contributed by atoms with Gasteiger partial charge in [0.15, 0.2) is 0 Å². The van der Waals surface area contributed by atoms with Crippen LogP contribution >= 0.6 is 11.6 Å². The highest BCUT2D eigenvalue weighted by Gasteiger charge is 2.27. The summed E-state index contributed by atoms with van der Waals surface area (Å²) in [5.74, 6) is -0.478. The van der Waals surface area contributed by atoms with Gasteiger partial charge < -0.3 is 0 Å². The van der Waals surface area contributed by atoms with Gasteiger partial charge in [0, 0.05) is 14.4 Å². The van der Waals surface area contributed by atoms with Crippen LogP contribution in [0.2, 0.25) is 23.2 Å². The first-order valence-corrected chi connectivity index (χ1v) is 13.7. The minimum Gasteiger partial charge on any atom is -0.206 e. The van der Waals surface area contributed by atoms with E-state index in [1.807, 2.05) is 42.5 Å². The number of rotatable bonds is 5. The standard InChI is InChI=1S/C26H27ClF2Si/c1-2-14-30-15-12-19(13-16-30)22-10-9-21(18-6-4-3-5-7-18)25(26(22)29)20-8-11-23(27)24(28)17-20/h3-11,17,19,30H,2,12-16H2,1H3. The maximum Gasteiger partial charge on any atom is 0.142 e. The first-order chi connectivity index (χ1) is 14.6. The van der Waals surface area contributed by atoms with E-state index in [9.17, 15) is 4.39 Å². The van der Waals surface area contributed by atoms with Crippen molar-refractivity contribution in [1.29, 1.82) is 0 Å². The van der Waals surface area contributed by atoms with Crippen molar-refractivity contribution in [2.45, 2.75) is 50.2 Å². The fourth-order valence-corrected chi connectivity index (χ4v) is 8.42. The quantitative estimate of drug-likeness (QED) is 0.349. The molecule has 3 aromatic rings. The van der Waals surface area contributed by atoms with Gasteiger partial charge in [-0.05, 0) is 53.1 Å². The normalized spacial score (nSPS) is 19.1. The molecule has 0 amide bonds. The first kappa shape index (κ1) is 21.3. The molecule has 0 aliphatic carbocycles. The maximum atomic E-state index is 16.0. The molecule has 1 saturated heterocycles. The van der Waals surface area contributed by atoms with Gasteiger partial charge in [0.1, 0.15) is 11.6 Å². The number of benzene rings is 3. The van der Waals surface area contributed by atoms with E-state index in [1.165, 1.54) is 36.7 Å². The zero-order valence-electron chi connectivity index (χ0n) is 17.3. The highest BCUT2D eigenvalue weighted by atomic mass is 35.5. The minimum atomic E-state index is -0.634. The van der Waals surface area contributed by atoms with E-state index in [4.69, 9.17) is 11.6 Å². The molecule has 4 heteroatoms. The lowest BCUT2D eigenvalue weighted by molar-refractivity contribution is 0.546. The van der Waals surface area contributed by atoms with Crippen LogP contribution in [0.4, 0.5) is 8.78 Å². The molecule has 3 aromatic carbocycles. The van der Waals surface area contributed by atoms with E-state index < -0.39 is 14.6 Å². The van der Waals surface area contributed by atoms with Gasteiger partial charge in [-0.3, -0.25) is 0 Å². The van der Waals surface area contributed by atoms with Crippen LogP contribution in [0.25, 0.3) is 22.3 Å². The molecule has 0 saturated carbocycles. The number of hydrogen-bond donors (Lipinski definition) is 0. The third kappa shape index (κ3) is 4.38. The summed E-state index contributed by atoms with van der Waals surface area (Å²) in [5, 5.41) is 0.0516. The van der Waals surface area contributed by atoms with Crippen LogP contribution in [0.3, 0.4) is 0 Å². The van der Waals surface area contributed by atoms with Gasteiger partial charge in [-0.1, -0.05) is 91.6 Å². The molecule has 0 aromatic heterocycles. The Morgan fingerprint density at radius 2 is 1.67 bits per heavy atom. The highest BCUT2D eigenvalue weighted by molar-refractivity contribution is 6.59. The molecular formula is C26H27ClF2Si. The monoisotopic (exact) mass is 440 g/mol. The molecule has 1 aliphatic rings. The van der Waals surface area contributed by atoms with Crippen LogP contribution in [0.15, 0.2) is 60.7 Å². The van der Waals surface area contributed by atoms with Gasteiger partial charge >= 0.3 is 0 Å². The molecule has 0 unspecified atom stereocenters. The minimum absolute atomic E-state index is 0.0516. The van der Waals surface area contributed by atoms with Crippen LogP contribution in [-0.2, 0) is 0 Å². The van der Waals surface area contributed by atoms with E-state index in [1.54, 1.807) is 6.07 Å². The Morgan fingerprint density at radius 3 is 2.33 bits per heavy atom. The molecule has 0 N–H and O–H groups in total. The van der Waals surface area contributed by atoms with Crippen LogP contribution in [-0.4, -0.2) is 8.80 Å². The van der Waals surface area contributed by atoms with Gasteiger partial charge in [-0.25, -0.2) is 8.78 Å². The summed E-state index contributed by atoms with van der Waals surface area (Å²) in [6, 6.07) is 22.3. The zero-order chi connectivity index (χ0) is 21.1.